The first-order valence-electron chi connectivity index (χ1n) is 9.54. The predicted octanol–water partition coefficient (Wildman–Crippen LogP) is 2.97. The van der Waals surface area contributed by atoms with Crippen molar-refractivity contribution >= 4 is 34.2 Å². The van der Waals surface area contributed by atoms with Crippen LogP contribution in [0.3, 0.4) is 0 Å². The monoisotopic (exact) mass is 421 g/mol. The van der Waals surface area contributed by atoms with Crippen molar-refractivity contribution in [2.24, 2.45) is 5.92 Å². The molecule has 10 nitrogen and oxygen atoms in total. The molecule has 0 saturated heterocycles. The van der Waals surface area contributed by atoms with Gasteiger partial charge < -0.3 is 20.2 Å². The number of nitrogens with one attached hydrogen (secondary N) is 1. The molecule has 0 radical (unpaired) electrons. The van der Waals surface area contributed by atoms with E-state index in [1.807, 2.05) is 0 Å². The first-order chi connectivity index (χ1) is 13.9. The number of esters is 1. The number of carbonyl (C=O) groups excluding carboxylic acids is 2. The minimum absolute atomic E-state index is 0.189. The van der Waals surface area contributed by atoms with E-state index in [2.05, 4.69) is 22.3 Å². The Morgan fingerprint density at radius 2 is 2.28 bits per heavy atom. The molecule has 2 aromatic rings. The number of amides is 1. The van der Waals surface area contributed by atoms with E-state index in [-0.39, 0.29) is 18.9 Å². The fraction of sp³-hybridized carbons (Fsp3) is 0.556. The number of nitro groups is 1. The topological polar surface area (TPSA) is 129 Å². The second kappa shape index (κ2) is 9.12. The Hall–Kier alpha value is -2.82. The highest BCUT2D eigenvalue weighted by Crippen LogP contribution is 2.40. The minimum atomic E-state index is -0.667. The van der Waals surface area contributed by atoms with E-state index in [0.717, 1.165) is 29.7 Å². The Balaban J connectivity index is 1.64. The molecule has 0 bridgehead atoms. The summed E-state index contributed by atoms with van der Waals surface area (Å²) in [4.78, 5) is 39.5. The van der Waals surface area contributed by atoms with Gasteiger partial charge in [-0.15, -0.1) is 11.3 Å². The Labute approximate surface area is 171 Å². The van der Waals surface area contributed by atoms with E-state index in [1.165, 1.54) is 22.3 Å². The summed E-state index contributed by atoms with van der Waals surface area (Å²) in [6.07, 6.45) is 4.60. The van der Waals surface area contributed by atoms with Crippen molar-refractivity contribution in [2.45, 2.75) is 52.5 Å². The fourth-order valence-electron chi connectivity index (χ4n) is 3.32. The third-order valence-corrected chi connectivity index (χ3v) is 5.89. The van der Waals surface area contributed by atoms with Crippen molar-refractivity contribution in [1.29, 1.82) is 0 Å². The molecule has 156 valence electrons. The first kappa shape index (κ1) is 20.9. The number of carbonyl (C=O) groups is 2. The normalized spacial score (nSPS) is 15.6. The van der Waals surface area contributed by atoms with E-state index in [9.17, 15) is 19.7 Å². The Morgan fingerprint density at radius 3 is 2.97 bits per heavy atom. The van der Waals surface area contributed by atoms with E-state index in [4.69, 9.17) is 4.74 Å². The highest BCUT2D eigenvalue weighted by atomic mass is 32.1. The van der Waals surface area contributed by atoms with Gasteiger partial charge in [0.05, 0.1) is 18.7 Å². The molecule has 2 heterocycles. The maximum Gasteiger partial charge on any atom is 0.490 e. The Morgan fingerprint density at radius 1 is 1.48 bits per heavy atom. The zero-order chi connectivity index (χ0) is 21.0. The minimum Gasteiger partial charge on any atom is -0.462 e. The van der Waals surface area contributed by atoms with Crippen molar-refractivity contribution < 1.29 is 19.2 Å². The third kappa shape index (κ3) is 4.97. The standard InChI is InChI=1S/C18H23N5O5S/c1-3-28-17(25)15-12-7-6-11(2)9-13(12)29-16(15)20-14(24)5-4-8-22-10-19-18(21-22)23(26)27/h10-11H,3-9H2,1-2H3,(H,20,24)/t11-/m1/s1. The summed E-state index contributed by atoms with van der Waals surface area (Å²) in [5.41, 5.74) is 1.48. The molecule has 0 aromatic carbocycles. The summed E-state index contributed by atoms with van der Waals surface area (Å²) in [7, 11) is 0. The SMILES string of the molecule is CCOC(=O)c1c(NC(=O)CCCn2cnc([N+](=O)[O-])n2)sc2c1CC[C@@H](C)C2. The lowest BCUT2D eigenvalue weighted by Gasteiger charge is -2.18. The highest BCUT2D eigenvalue weighted by molar-refractivity contribution is 7.17. The molecular formula is C18H23N5O5S. The van der Waals surface area contributed by atoms with Gasteiger partial charge in [-0.3, -0.25) is 4.79 Å². The molecule has 0 aliphatic heterocycles. The average molecular weight is 421 g/mol. The molecule has 0 unspecified atom stereocenters. The molecule has 1 amide bonds. The van der Waals surface area contributed by atoms with E-state index in [1.54, 1.807) is 6.92 Å². The number of fused-ring (bicyclic) bond motifs is 1. The highest BCUT2D eigenvalue weighted by Gasteiger charge is 2.29. The van der Waals surface area contributed by atoms with Crippen LogP contribution in [0.5, 0.6) is 0 Å². The number of rotatable bonds is 8. The van der Waals surface area contributed by atoms with Crippen LogP contribution in [0.25, 0.3) is 0 Å². The van der Waals surface area contributed by atoms with Crippen LogP contribution in [-0.2, 0) is 28.9 Å². The maximum absolute atomic E-state index is 12.5. The van der Waals surface area contributed by atoms with Gasteiger partial charge in [0, 0.05) is 16.4 Å². The largest absolute Gasteiger partial charge is 0.490 e. The molecule has 0 saturated carbocycles. The molecule has 1 aliphatic rings. The summed E-state index contributed by atoms with van der Waals surface area (Å²) < 4.78 is 6.54. The van der Waals surface area contributed by atoms with Gasteiger partial charge >= 0.3 is 11.9 Å². The molecule has 29 heavy (non-hydrogen) atoms. The summed E-state index contributed by atoms with van der Waals surface area (Å²) >= 11 is 1.45. The van der Waals surface area contributed by atoms with Crippen molar-refractivity contribution in [1.82, 2.24) is 14.8 Å². The second-order valence-electron chi connectivity index (χ2n) is 6.99. The van der Waals surface area contributed by atoms with Crippen LogP contribution in [-0.4, -0.2) is 38.2 Å². The van der Waals surface area contributed by atoms with Crippen LogP contribution in [0, 0.1) is 16.0 Å². The molecular weight excluding hydrogens is 398 g/mol. The summed E-state index contributed by atoms with van der Waals surface area (Å²) in [5.74, 6) is -0.542. The summed E-state index contributed by atoms with van der Waals surface area (Å²) in [6.45, 7) is 4.54. The van der Waals surface area contributed by atoms with Gasteiger partial charge in [-0.2, -0.15) is 4.68 Å². The number of aryl methyl sites for hydroxylation is 1. The third-order valence-electron chi connectivity index (χ3n) is 4.72. The van der Waals surface area contributed by atoms with Gasteiger partial charge in [0.15, 0.2) is 0 Å². The smallest absolute Gasteiger partial charge is 0.462 e. The lowest BCUT2D eigenvalue weighted by atomic mass is 9.88. The molecule has 0 spiro atoms. The molecule has 11 heteroatoms. The zero-order valence-corrected chi connectivity index (χ0v) is 17.2. The van der Waals surface area contributed by atoms with Gasteiger partial charge in [0.2, 0.25) is 12.2 Å². The second-order valence-corrected chi connectivity index (χ2v) is 8.10. The van der Waals surface area contributed by atoms with Gasteiger partial charge in [-0.25, -0.2) is 4.79 Å². The number of aromatic nitrogens is 3. The summed E-state index contributed by atoms with van der Waals surface area (Å²) in [6, 6.07) is 0. The molecule has 2 aromatic heterocycles. The van der Waals surface area contributed by atoms with Crippen molar-refractivity contribution in [3.05, 3.63) is 32.4 Å². The number of thiophene rings is 1. The molecule has 3 rings (SSSR count). The van der Waals surface area contributed by atoms with Crippen molar-refractivity contribution in [3.8, 4) is 0 Å². The molecule has 0 fully saturated rings. The van der Waals surface area contributed by atoms with Crippen LogP contribution in [0.4, 0.5) is 10.9 Å². The van der Waals surface area contributed by atoms with E-state index in [0.29, 0.717) is 29.4 Å². The van der Waals surface area contributed by atoms with Crippen LogP contribution in [0.1, 0.15) is 53.9 Å². The number of ether oxygens (including phenoxy) is 1. The average Bonchev–Trinajstić information content (AvgIpc) is 3.26. The van der Waals surface area contributed by atoms with Crippen LogP contribution in [0.2, 0.25) is 0 Å². The van der Waals surface area contributed by atoms with Crippen LogP contribution in [0.15, 0.2) is 6.33 Å². The lowest BCUT2D eigenvalue weighted by Crippen LogP contribution is -2.17. The Kier molecular flexibility index (Phi) is 6.57. The van der Waals surface area contributed by atoms with Gasteiger partial charge in [-0.05, 0) is 49.0 Å². The van der Waals surface area contributed by atoms with Crippen molar-refractivity contribution in [3.63, 3.8) is 0 Å². The first-order valence-corrected chi connectivity index (χ1v) is 10.4. The van der Waals surface area contributed by atoms with Gasteiger partial charge in [-0.1, -0.05) is 11.9 Å². The zero-order valence-electron chi connectivity index (χ0n) is 16.3. The summed E-state index contributed by atoms with van der Waals surface area (Å²) in [5, 5.41) is 17.7. The number of nitrogens with zero attached hydrogens (tertiary/aromatic N) is 4. The lowest BCUT2D eigenvalue weighted by molar-refractivity contribution is -0.394. The Bertz CT molecular complexity index is 922. The fourth-order valence-corrected chi connectivity index (χ4v) is 4.74. The van der Waals surface area contributed by atoms with E-state index < -0.39 is 16.8 Å². The predicted molar refractivity (Wildman–Crippen MR) is 106 cm³/mol. The van der Waals surface area contributed by atoms with Crippen LogP contribution < -0.4 is 5.32 Å². The van der Waals surface area contributed by atoms with Gasteiger partial charge in [0.25, 0.3) is 0 Å². The molecule has 1 aliphatic carbocycles. The number of anilines is 1. The number of hydrogen-bond donors (Lipinski definition) is 1. The molecule has 1 atom stereocenters. The van der Waals surface area contributed by atoms with Crippen molar-refractivity contribution in [2.75, 3.05) is 11.9 Å². The maximum atomic E-state index is 12.5. The van der Waals surface area contributed by atoms with E-state index >= 15 is 0 Å². The van der Waals surface area contributed by atoms with Crippen LogP contribution >= 0.6 is 11.3 Å². The van der Waals surface area contributed by atoms with Gasteiger partial charge in [0.1, 0.15) is 5.00 Å². The molecule has 1 N–H and O–H groups in total. The number of hydrogen-bond acceptors (Lipinski definition) is 8. The quantitative estimate of drug-likeness (QED) is 0.394.